The van der Waals surface area contributed by atoms with Crippen LogP contribution in [0.25, 0.3) is 0 Å². The molecule has 7 nitrogen and oxygen atoms in total. The van der Waals surface area contributed by atoms with Crippen LogP contribution in [0.4, 0.5) is 0 Å². The lowest BCUT2D eigenvalue weighted by Crippen LogP contribution is -2.58. The first-order chi connectivity index (χ1) is 12.8. The molecule has 7 heteroatoms. The van der Waals surface area contributed by atoms with E-state index in [1.807, 2.05) is 24.3 Å². The quantitative estimate of drug-likeness (QED) is 0.840. The third kappa shape index (κ3) is 5.14. The molecule has 1 aromatic heterocycles. The van der Waals surface area contributed by atoms with E-state index in [2.05, 4.69) is 48.0 Å². The van der Waals surface area contributed by atoms with E-state index in [0.717, 1.165) is 18.7 Å². The van der Waals surface area contributed by atoms with Crippen molar-refractivity contribution in [1.29, 1.82) is 0 Å². The van der Waals surface area contributed by atoms with Gasteiger partial charge in [0.2, 0.25) is 0 Å². The van der Waals surface area contributed by atoms with Crippen molar-refractivity contribution in [2.24, 2.45) is 0 Å². The highest BCUT2D eigenvalue weighted by Gasteiger charge is 2.33. The van der Waals surface area contributed by atoms with Gasteiger partial charge in [-0.3, -0.25) is 9.69 Å². The second-order valence-electron chi connectivity index (χ2n) is 7.95. The van der Waals surface area contributed by atoms with E-state index in [0.29, 0.717) is 18.7 Å². The lowest BCUT2D eigenvalue weighted by molar-refractivity contribution is -0.0948. The van der Waals surface area contributed by atoms with Crippen molar-refractivity contribution in [3.05, 3.63) is 48.0 Å². The van der Waals surface area contributed by atoms with Crippen LogP contribution in [0.1, 0.15) is 43.6 Å². The van der Waals surface area contributed by atoms with E-state index in [1.165, 1.54) is 6.33 Å². The van der Waals surface area contributed by atoms with E-state index in [-0.39, 0.29) is 23.7 Å². The minimum absolute atomic E-state index is 0.0512. The summed E-state index contributed by atoms with van der Waals surface area (Å²) >= 11 is 0. The third-order valence-electron chi connectivity index (χ3n) is 4.98. The van der Waals surface area contributed by atoms with Gasteiger partial charge in [-0.15, -0.1) is 0 Å². The second kappa shape index (κ2) is 8.19. The fourth-order valence-corrected chi connectivity index (χ4v) is 3.45. The molecule has 0 spiro atoms. The van der Waals surface area contributed by atoms with E-state index < -0.39 is 0 Å². The molecule has 1 aromatic carbocycles. The largest absolute Gasteiger partial charge is 0.373 e. The van der Waals surface area contributed by atoms with E-state index in [1.54, 1.807) is 11.0 Å². The van der Waals surface area contributed by atoms with Gasteiger partial charge in [0.15, 0.2) is 0 Å². The van der Waals surface area contributed by atoms with Crippen molar-refractivity contribution in [3.8, 4) is 0 Å². The fraction of sp³-hybridized carbons (Fsp3) is 0.550. The van der Waals surface area contributed by atoms with Crippen molar-refractivity contribution >= 4 is 5.91 Å². The Labute approximate surface area is 160 Å². The summed E-state index contributed by atoms with van der Waals surface area (Å²) in [4.78, 5) is 18.9. The average Bonchev–Trinajstić information content (AvgIpc) is 3.12. The number of nitrogens with one attached hydrogen (secondary N) is 1. The molecule has 1 saturated heterocycles. The van der Waals surface area contributed by atoms with Gasteiger partial charge < -0.3 is 10.1 Å². The molecule has 2 heterocycles. The number of ether oxygens (including phenoxy) is 1. The predicted molar refractivity (Wildman–Crippen MR) is 104 cm³/mol. The zero-order valence-corrected chi connectivity index (χ0v) is 16.6. The van der Waals surface area contributed by atoms with Crippen LogP contribution in [-0.4, -0.2) is 63.0 Å². The molecule has 1 amide bonds. The summed E-state index contributed by atoms with van der Waals surface area (Å²) in [5.74, 6) is -0.0512. The van der Waals surface area contributed by atoms with Crippen LogP contribution in [0, 0.1) is 0 Å². The van der Waals surface area contributed by atoms with Gasteiger partial charge in [0.05, 0.1) is 18.8 Å². The lowest BCUT2D eigenvalue weighted by Gasteiger charge is -2.45. The summed E-state index contributed by atoms with van der Waals surface area (Å²) in [7, 11) is 0. The second-order valence-corrected chi connectivity index (χ2v) is 7.95. The number of carbonyl (C=O) groups is 1. The first kappa shape index (κ1) is 19.5. The maximum atomic E-state index is 12.5. The fourth-order valence-electron chi connectivity index (χ4n) is 3.45. The van der Waals surface area contributed by atoms with Crippen molar-refractivity contribution in [2.45, 2.75) is 52.0 Å². The summed E-state index contributed by atoms with van der Waals surface area (Å²) in [5.41, 5.74) is 1.61. The first-order valence-electron chi connectivity index (χ1n) is 9.43. The minimum Gasteiger partial charge on any atom is -0.373 e. The van der Waals surface area contributed by atoms with Gasteiger partial charge in [0.25, 0.3) is 5.91 Å². The van der Waals surface area contributed by atoms with Crippen LogP contribution >= 0.6 is 0 Å². The van der Waals surface area contributed by atoms with Crippen LogP contribution in [0.15, 0.2) is 36.9 Å². The Hall–Kier alpha value is -2.25. The number of nitrogens with zero attached hydrogens (tertiary/aromatic N) is 4. The molecule has 2 atom stereocenters. The SMILES string of the molecule is C[C@H]1CN(C(C)(C)CNC(=O)c2ccc(Cn3cncn3)cc2)C[C@H](C)O1. The van der Waals surface area contributed by atoms with Gasteiger partial charge in [-0.1, -0.05) is 12.1 Å². The van der Waals surface area contributed by atoms with Gasteiger partial charge in [0.1, 0.15) is 12.7 Å². The van der Waals surface area contributed by atoms with Gasteiger partial charge in [-0.25, -0.2) is 9.67 Å². The highest BCUT2D eigenvalue weighted by atomic mass is 16.5. The molecule has 3 rings (SSSR count). The molecule has 1 aliphatic rings. The standard InChI is InChI=1S/C20H29N5O2/c1-15-9-24(10-16(2)27-15)20(3,4)12-22-19(26)18-7-5-17(6-8-18)11-25-14-21-13-23-25/h5-8,13-16H,9-12H2,1-4H3,(H,22,26)/t15-,16-/m0/s1. The molecule has 0 radical (unpaired) electrons. The molecule has 0 bridgehead atoms. The average molecular weight is 371 g/mol. The maximum Gasteiger partial charge on any atom is 0.251 e. The van der Waals surface area contributed by atoms with Gasteiger partial charge >= 0.3 is 0 Å². The number of hydrogen-bond donors (Lipinski definition) is 1. The lowest BCUT2D eigenvalue weighted by atomic mass is 9.99. The Kier molecular flexibility index (Phi) is 5.92. The number of amides is 1. The highest BCUT2D eigenvalue weighted by Crippen LogP contribution is 2.20. The summed E-state index contributed by atoms with van der Waals surface area (Å²) in [6.07, 6.45) is 3.61. The molecule has 0 aliphatic carbocycles. The zero-order chi connectivity index (χ0) is 19.4. The summed E-state index contributed by atoms with van der Waals surface area (Å²) in [6, 6.07) is 7.61. The Bertz CT molecular complexity index is 732. The number of benzene rings is 1. The number of aromatic nitrogens is 3. The summed E-state index contributed by atoms with van der Waals surface area (Å²) < 4.78 is 7.57. The van der Waals surface area contributed by atoms with E-state index >= 15 is 0 Å². The molecule has 1 fully saturated rings. The number of rotatable bonds is 6. The zero-order valence-electron chi connectivity index (χ0n) is 16.6. The van der Waals surface area contributed by atoms with Crippen LogP contribution in [0.5, 0.6) is 0 Å². The van der Waals surface area contributed by atoms with E-state index in [4.69, 9.17) is 4.74 Å². The number of hydrogen-bond acceptors (Lipinski definition) is 5. The Morgan fingerprint density at radius 3 is 2.48 bits per heavy atom. The van der Waals surface area contributed by atoms with Gasteiger partial charge in [-0.05, 0) is 45.4 Å². The van der Waals surface area contributed by atoms with Crippen molar-refractivity contribution in [3.63, 3.8) is 0 Å². The normalized spacial score (nSPS) is 21.2. The topological polar surface area (TPSA) is 72.3 Å². The van der Waals surface area contributed by atoms with Crippen LogP contribution in [0.2, 0.25) is 0 Å². The van der Waals surface area contributed by atoms with Gasteiger partial charge in [0, 0.05) is 30.7 Å². The van der Waals surface area contributed by atoms with E-state index in [9.17, 15) is 4.79 Å². The van der Waals surface area contributed by atoms with Crippen LogP contribution in [0.3, 0.4) is 0 Å². The molecular weight excluding hydrogens is 342 g/mol. The molecule has 2 aromatic rings. The van der Waals surface area contributed by atoms with Crippen molar-refractivity contribution in [2.75, 3.05) is 19.6 Å². The molecule has 0 saturated carbocycles. The Morgan fingerprint density at radius 2 is 1.89 bits per heavy atom. The summed E-state index contributed by atoms with van der Waals surface area (Å²) in [5, 5.41) is 7.18. The molecule has 1 N–H and O–H groups in total. The maximum absolute atomic E-state index is 12.5. The Morgan fingerprint density at radius 1 is 1.22 bits per heavy atom. The summed E-state index contributed by atoms with van der Waals surface area (Å²) in [6.45, 7) is 11.5. The first-order valence-corrected chi connectivity index (χ1v) is 9.43. The minimum atomic E-state index is -0.130. The number of carbonyl (C=O) groups excluding carboxylic acids is 1. The highest BCUT2D eigenvalue weighted by molar-refractivity contribution is 5.94. The van der Waals surface area contributed by atoms with Crippen molar-refractivity contribution in [1.82, 2.24) is 25.0 Å². The molecule has 146 valence electrons. The monoisotopic (exact) mass is 371 g/mol. The van der Waals surface area contributed by atoms with Gasteiger partial charge in [-0.2, -0.15) is 5.10 Å². The predicted octanol–water partition coefficient (Wildman–Crippen LogP) is 1.94. The number of morpholine rings is 1. The Balaban J connectivity index is 1.55. The molecule has 1 aliphatic heterocycles. The smallest absolute Gasteiger partial charge is 0.251 e. The molecular formula is C20H29N5O2. The van der Waals surface area contributed by atoms with Crippen LogP contribution in [-0.2, 0) is 11.3 Å². The third-order valence-corrected chi connectivity index (χ3v) is 4.98. The molecule has 0 unspecified atom stereocenters. The van der Waals surface area contributed by atoms with Crippen molar-refractivity contribution < 1.29 is 9.53 Å². The van der Waals surface area contributed by atoms with Crippen LogP contribution < -0.4 is 5.32 Å². The molecule has 27 heavy (non-hydrogen) atoms.